The Morgan fingerprint density at radius 3 is 0.875 bits per heavy atom. The molecule has 0 fully saturated rings. The summed E-state index contributed by atoms with van der Waals surface area (Å²) in [6.07, 6.45) is 7.33. The van der Waals surface area contributed by atoms with Gasteiger partial charge in [-0.15, -0.1) is 0 Å². The SMILES string of the molecule is c1ccc(-c2nc3cncc(-c4ccccc4)c3nc2-c2ccc(-c3ccc(-c4nc5c(-c6ccccc6)cncc5nc4-c4ccccc4)cc3)cc2)cc1. The van der Waals surface area contributed by atoms with E-state index < -0.39 is 0 Å². The zero-order valence-electron chi connectivity index (χ0n) is 30.2. The topological polar surface area (TPSA) is 77.3 Å². The lowest BCUT2D eigenvalue weighted by Gasteiger charge is -2.14. The highest BCUT2D eigenvalue weighted by atomic mass is 14.9. The van der Waals surface area contributed by atoms with Crippen LogP contribution in [0.3, 0.4) is 0 Å². The molecule has 0 amide bonds. The lowest BCUT2D eigenvalue weighted by atomic mass is 9.97. The number of fused-ring (bicyclic) bond motifs is 2. The summed E-state index contributed by atoms with van der Waals surface area (Å²) in [7, 11) is 0. The summed E-state index contributed by atoms with van der Waals surface area (Å²) in [5.41, 5.74) is 16.6. The highest BCUT2D eigenvalue weighted by Crippen LogP contribution is 2.37. The lowest BCUT2D eigenvalue weighted by molar-refractivity contribution is 1.25. The molecular formula is C50H32N6. The highest BCUT2D eigenvalue weighted by molar-refractivity contribution is 5.96. The molecule has 262 valence electrons. The Morgan fingerprint density at radius 1 is 0.232 bits per heavy atom. The third-order valence-electron chi connectivity index (χ3n) is 10.1. The molecule has 10 rings (SSSR count). The van der Waals surface area contributed by atoms with E-state index in [1.165, 1.54) is 0 Å². The van der Waals surface area contributed by atoms with Crippen LogP contribution in [0.2, 0.25) is 0 Å². The van der Waals surface area contributed by atoms with E-state index >= 15 is 0 Å². The Hall–Kier alpha value is -7.70. The zero-order chi connectivity index (χ0) is 37.3. The third-order valence-corrected chi connectivity index (χ3v) is 10.1. The first-order valence-electron chi connectivity index (χ1n) is 18.5. The number of hydrogen-bond acceptors (Lipinski definition) is 6. The van der Waals surface area contributed by atoms with E-state index in [2.05, 4.69) is 107 Å². The minimum atomic E-state index is 0.755. The van der Waals surface area contributed by atoms with Gasteiger partial charge in [0, 0.05) is 45.8 Å². The first-order chi connectivity index (χ1) is 27.8. The monoisotopic (exact) mass is 716 g/mol. The Labute approximate surface area is 324 Å². The van der Waals surface area contributed by atoms with Crippen molar-refractivity contribution >= 4 is 22.1 Å². The molecule has 0 aliphatic rings. The highest BCUT2D eigenvalue weighted by Gasteiger charge is 2.18. The number of hydrogen-bond donors (Lipinski definition) is 0. The van der Waals surface area contributed by atoms with Gasteiger partial charge < -0.3 is 0 Å². The second-order valence-corrected chi connectivity index (χ2v) is 13.6. The Bertz CT molecular complexity index is 2760. The number of benzene rings is 6. The zero-order valence-corrected chi connectivity index (χ0v) is 30.2. The minimum absolute atomic E-state index is 0.755. The summed E-state index contributed by atoms with van der Waals surface area (Å²) >= 11 is 0. The Balaban J connectivity index is 1.04. The predicted molar refractivity (Wildman–Crippen MR) is 226 cm³/mol. The maximum atomic E-state index is 5.31. The fraction of sp³-hybridized carbons (Fsp3) is 0. The van der Waals surface area contributed by atoms with Crippen LogP contribution >= 0.6 is 0 Å². The summed E-state index contributed by atoms with van der Waals surface area (Å²) in [4.78, 5) is 30.0. The van der Waals surface area contributed by atoms with Crippen LogP contribution in [0.15, 0.2) is 195 Å². The lowest BCUT2D eigenvalue weighted by Crippen LogP contribution is -1.98. The normalized spacial score (nSPS) is 11.2. The van der Waals surface area contributed by atoms with E-state index in [0.29, 0.717) is 0 Å². The summed E-state index contributed by atoms with van der Waals surface area (Å²) in [6, 6.07) is 58.1. The third kappa shape index (κ3) is 6.15. The van der Waals surface area contributed by atoms with Crippen molar-refractivity contribution in [2.75, 3.05) is 0 Å². The van der Waals surface area contributed by atoms with Gasteiger partial charge in [-0.2, -0.15) is 0 Å². The largest absolute Gasteiger partial charge is 0.262 e. The average Bonchev–Trinajstić information content (AvgIpc) is 3.29. The molecule has 6 aromatic carbocycles. The molecule has 0 radical (unpaired) electrons. The Kier molecular flexibility index (Phi) is 8.39. The molecule has 4 aromatic heterocycles. The van der Waals surface area contributed by atoms with Gasteiger partial charge in [0.2, 0.25) is 0 Å². The van der Waals surface area contributed by atoms with E-state index in [9.17, 15) is 0 Å². The van der Waals surface area contributed by atoms with Crippen molar-refractivity contribution in [3.8, 4) is 78.4 Å². The maximum Gasteiger partial charge on any atom is 0.108 e. The molecule has 0 saturated carbocycles. The van der Waals surface area contributed by atoms with Crippen LogP contribution < -0.4 is 0 Å². The summed E-state index contributed by atoms with van der Waals surface area (Å²) in [6.45, 7) is 0. The quantitative estimate of drug-likeness (QED) is 0.163. The van der Waals surface area contributed by atoms with E-state index in [1.54, 1.807) is 12.4 Å². The molecule has 0 unspecified atom stereocenters. The van der Waals surface area contributed by atoms with Crippen LogP contribution in [-0.4, -0.2) is 29.9 Å². The van der Waals surface area contributed by atoms with Crippen LogP contribution in [-0.2, 0) is 0 Å². The predicted octanol–water partition coefficient (Wildman–Crippen LogP) is 12.0. The van der Waals surface area contributed by atoms with E-state index in [-0.39, 0.29) is 0 Å². The van der Waals surface area contributed by atoms with Crippen LogP contribution in [0.4, 0.5) is 0 Å². The van der Waals surface area contributed by atoms with Gasteiger partial charge in [0.1, 0.15) is 22.1 Å². The van der Waals surface area contributed by atoms with Gasteiger partial charge >= 0.3 is 0 Å². The average molecular weight is 717 g/mol. The smallest absolute Gasteiger partial charge is 0.108 e. The van der Waals surface area contributed by atoms with Gasteiger partial charge in [0.05, 0.1) is 35.2 Å². The number of rotatable bonds is 7. The second kappa shape index (κ2) is 14.3. The fourth-order valence-corrected chi connectivity index (χ4v) is 7.26. The molecule has 0 atom stereocenters. The van der Waals surface area contributed by atoms with Crippen molar-refractivity contribution in [2.45, 2.75) is 0 Å². The van der Waals surface area contributed by atoms with Gasteiger partial charge in [-0.05, 0) is 22.3 Å². The van der Waals surface area contributed by atoms with Gasteiger partial charge in [-0.3, -0.25) is 9.97 Å². The molecule has 6 heteroatoms. The van der Waals surface area contributed by atoms with E-state index in [4.69, 9.17) is 19.9 Å². The molecular weight excluding hydrogens is 685 g/mol. The molecule has 0 spiro atoms. The molecule has 4 heterocycles. The van der Waals surface area contributed by atoms with Crippen molar-refractivity contribution in [3.63, 3.8) is 0 Å². The standard InChI is InChI=1S/C50H32N6/c1-5-13-35(14-6-1)41-29-51-31-43-49(41)55-47(45(53-43)37-17-9-3-10-18-37)39-25-21-33(22-26-39)34-23-27-40(28-24-34)48-46(38-19-11-4-12-20-38)54-44-32-52-30-42(50(44)56-48)36-15-7-2-8-16-36/h1-32H. The Morgan fingerprint density at radius 2 is 0.518 bits per heavy atom. The van der Waals surface area contributed by atoms with Crippen LogP contribution in [0.5, 0.6) is 0 Å². The van der Waals surface area contributed by atoms with Crippen molar-refractivity contribution < 1.29 is 0 Å². The number of aromatic nitrogens is 6. The van der Waals surface area contributed by atoms with Gasteiger partial charge in [0.15, 0.2) is 0 Å². The summed E-state index contributed by atoms with van der Waals surface area (Å²) in [5.74, 6) is 0. The van der Waals surface area contributed by atoms with Crippen LogP contribution in [0, 0.1) is 0 Å². The van der Waals surface area contributed by atoms with E-state index in [1.807, 2.05) is 85.2 Å². The second-order valence-electron chi connectivity index (χ2n) is 13.6. The van der Waals surface area contributed by atoms with E-state index in [0.717, 1.165) is 100 Å². The fourth-order valence-electron chi connectivity index (χ4n) is 7.26. The van der Waals surface area contributed by atoms with Crippen molar-refractivity contribution in [3.05, 3.63) is 195 Å². The van der Waals surface area contributed by atoms with Crippen molar-refractivity contribution in [2.24, 2.45) is 0 Å². The first-order valence-corrected chi connectivity index (χ1v) is 18.5. The molecule has 0 bridgehead atoms. The maximum absolute atomic E-state index is 5.31. The molecule has 0 N–H and O–H groups in total. The van der Waals surface area contributed by atoms with Gasteiger partial charge in [0.25, 0.3) is 0 Å². The van der Waals surface area contributed by atoms with Crippen molar-refractivity contribution in [1.82, 2.24) is 29.9 Å². The molecule has 6 nitrogen and oxygen atoms in total. The minimum Gasteiger partial charge on any atom is -0.262 e. The summed E-state index contributed by atoms with van der Waals surface area (Å²) < 4.78 is 0. The van der Waals surface area contributed by atoms with Crippen LogP contribution in [0.1, 0.15) is 0 Å². The molecule has 10 aromatic rings. The molecule has 56 heavy (non-hydrogen) atoms. The molecule has 0 aliphatic carbocycles. The van der Waals surface area contributed by atoms with Gasteiger partial charge in [-0.25, -0.2) is 19.9 Å². The first kappa shape index (κ1) is 32.9. The molecule has 0 saturated heterocycles. The van der Waals surface area contributed by atoms with Crippen LogP contribution in [0.25, 0.3) is 100 Å². The number of nitrogens with zero attached hydrogens (tertiary/aromatic N) is 6. The van der Waals surface area contributed by atoms with Gasteiger partial charge in [-0.1, -0.05) is 170 Å². The summed E-state index contributed by atoms with van der Waals surface area (Å²) in [5, 5.41) is 0. The number of pyridine rings is 2. The molecule has 0 aliphatic heterocycles. The van der Waals surface area contributed by atoms with Crippen molar-refractivity contribution in [1.29, 1.82) is 0 Å².